The largest absolute Gasteiger partial charge is 0.489 e. The van der Waals surface area contributed by atoms with Crippen LogP contribution in [-0.4, -0.2) is 41.1 Å². The van der Waals surface area contributed by atoms with Crippen molar-refractivity contribution in [3.05, 3.63) is 77.3 Å². The van der Waals surface area contributed by atoms with Gasteiger partial charge in [-0.25, -0.2) is 4.98 Å². The van der Waals surface area contributed by atoms with Gasteiger partial charge in [-0.1, -0.05) is 41.9 Å². The van der Waals surface area contributed by atoms with Crippen LogP contribution in [-0.2, 0) is 11.3 Å². The number of hydrogen-bond acceptors (Lipinski definition) is 4. The van der Waals surface area contributed by atoms with E-state index in [4.69, 9.17) is 16.3 Å². The lowest BCUT2D eigenvalue weighted by molar-refractivity contribution is -0.120. The molecular weight excluding hydrogens is 392 g/mol. The van der Waals surface area contributed by atoms with Gasteiger partial charge in [-0.3, -0.25) is 9.59 Å². The molecule has 0 saturated heterocycles. The summed E-state index contributed by atoms with van der Waals surface area (Å²) in [6.45, 7) is 0.625. The van der Waals surface area contributed by atoms with E-state index in [9.17, 15) is 9.59 Å². The minimum absolute atomic E-state index is 0.0221. The Morgan fingerprint density at radius 2 is 2.07 bits per heavy atom. The average molecular weight is 411 g/mol. The zero-order valence-corrected chi connectivity index (χ0v) is 16.5. The fourth-order valence-electron chi connectivity index (χ4n) is 3.17. The molecule has 1 unspecified atom stereocenters. The Bertz CT molecular complexity index is 1050. The fraction of sp³-hybridized carbons (Fsp3) is 0.190. The molecule has 0 fully saturated rings. The van der Waals surface area contributed by atoms with Crippen molar-refractivity contribution < 1.29 is 14.3 Å². The van der Waals surface area contributed by atoms with Gasteiger partial charge < -0.3 is 19.5 Å². The van der Waals surface area contributed by atoms with Crippen molar-refractivity contribution in [1.82, 2.24) is 14.9 Å². The molecule has 1 aliphatic rings. The third kappa shape index (κ3) is 4.09. The van der Waals surface area contributed by atoms with Crippen LogP contribution in [0.5, 0.6) is 5.75 Å². The number of rotatable bonds is 4. The molecule has 1 atom stereocenters. The summed E-state index contributed by atoms with van der Waals surface area (Å²) in [5.41, 5.74) is 1.90. The second kappa shape index (κ2) is 7.97. The topological polar surface area (TPSA) is 76.5 Å². The van der Waals surface area contributed by atoms with Gasteiger partial charge in [0.15, 0.2) is 0 Å². The maximum atomic E-state index is 12.8. The van der Waals surface area contributed by atoms with Crippen LogP contribution in [0.2, 0.25) is 5.02 Å². The van der Waals surface area contributed by atoms with Crippen LogP contribution in [0.1, 0.15) is 16.1 Å². The Morgan fingerprint density at radius 1 is 1.28 bits per heavy atom. The zero-order valence-electron chi connectivity index (χ0n) is 15.7. The van der Waals surface area contributed by atoms with E-state index >= 15 is 0 Å². The number of amides is 2. The quantitative estimate of drug-likeness (QED) is 0.717. The molecule has 1 aliphatic heterocycles. The molecule has 0 radical (unpaired) electrons. The van der Waals surface area contributed by atoms with Gasteiger partial charge in [0.05, 0.1) is 12.0 Å². The fourth-order valence-corrected chi connectivity index (χ4v) is 3.33. The van der Waals surface area contributed by atoms with Gasteiger partial charge in [0, 0.05) is 24.8 Å². The molecule has 0 saturated carbocycles. The molecule has 2 heterocycles. The van der Waals surface area contributed by atoms with Crippen LogP contribution >= 0.6 is 11.6 Å². The number of hydrogen-bond donors (Lipinski definition) is 1. The normalized spacial score (nSPS) is 16.0. The molecule has 1 aromatic heterocycles. The van der Waals surface area contributed by atoms with Crippen LogP contribution in [0.15, 0.2) is 61.1 Å². The Labute approximate surface area is 172 Å². The predicted molar refractivity (Wildman–Crippen MR) is 109 cm³/mol. The number of carbonyl (C=O) groups is 2. The first kappa shape index (κ1) is 19.0. The number of nitrogens with zero attached hydrogens (tertiary/aromatic N) is 3. The standard InChI is InChI=1S/C21H19ClN4O3/c1-25-18-9-15(22)7-8-19(18)29-12-17(21(25)28)24-20(27)16-11-26(13-23-16)10-14-5-3-2-4-6-14/h2-9,11,13,17H,10,12H2,1H3,(H,24,27). The molecule has 3 aromatic rings. The maximum Gasteiger partial charge on any atom is 0.272 e. The smallest absolute Gasteiger partial charge is 0.272 e. The third-order valence-corrected chi connectivity index (χ3v) is 4.93. The van der Waals surface area contributed by atoms with Crippen LogP contribution in [0, 0.1) is 0 Å². The van der Waals surface area contributed by atoms with Crippen molar-refractivity contribution >= 4 is 29.1 Å². The predicted octanol–water partition coefficient (Wildman–Crippen LogP) is 2.74. The number of fused-ring (bicyclic) bond motifs is 1. The van der Waals surface area contributed by atoms with E-state index in [0.717, 1.165) is 5.56 Å². The first-order valence-electron chi connectivity index (χ1n) is 9.08. The Kier molecular flexibility index (Phi) is 5.22. The monoisotopic (exact) mass is 410 g/mol. The molecule has 148 valence electrons. The number of anilines is 1. The van der Waals surface area contributed by atoms with Crippen LogP contribution < -0.4 is 15.0 Å². The van der Waals surface area contributed by atoms with Gasteiger partial charge in [-0.15, -0.1) is 0 Å². The minimum atomic E-state index is -0.835. The van der Waals surface area contributed by atoms with Crippen LogP contribution in [0.3, 0.4) is 0 Å². The molecule has 0 spiro atoms. The maximum absolute atomic E-state index is 12.8. The third-order valence-electron chi connectivity index (χ3n) is 4.70. The molecular formula is C21H19ClN4O3. The lowest BCUT2D eigenvalue weighted by Crippen LogP contribution is -2.49. The highest BCUT2D eigenvalue weighted by Crippen LogP contribution is 2.33. The molecule has 1 N–H and O–H groups in total. The van der Waals surface area contributed by atoms with Crippen molar-refractivity contribution in [3.8, 4) is 5.75 Å². The summed E-state index contributed by atoms with van der Waals surface area (Å²) in [6, 6.07) is 14.1. The Balaban J connectivity index is 1.45. The molecule has 0 aliphatic carbocycles. The highest BCUT2D eigenvalue weighted by Gasteiger charge is 2.31. The molecule has 29 heavy (non-hydrogen) atoms. The minimum Gasteiger partial charge on any atom is -0.489 e. The Hall–Kier alpha value is -3.32. The summed E-state index contributed by atoms with van der Waals surface area (Å²) in [7, 11) is 1.62. The number of imidazole rings is 1. The molecule has 7 nitrogen and oxygen atoms in total. The lowest BCUT2D eigenvalue weighted by Gasteiger charge is -2.20. The summed E-state index contributed by atoms with van der Waals surface area (Å²) in [6.07, 6.45) is 3.25. The van der Waals surface area contributed by atoms with E-state index in [2.05, 4.69) is 10.3 Å². The van der Waals surface area contributed by atoms with Gasteiger partial charge in [-0.2, -0.15) is 0 Å². The second-order valence-corrected chi connectivity index (χ2v) is 7.20. The van der Waals surface area contributed by atoms with Crippen molar-refractivity contribution in [2.75, 3.05) is 18.6 Å². The average Bonchev–Trinajstić information content (AvgIpc) is 3.16. The number of carbonyl (C=O) groups excluding carboxylic acids is 2. The summed E-state index contributed by atoms with van der Waals surface area (Å²) < 4.78 is 7.54. The van der Waals surface area contributed by atoms with Gasteiger partial charge in [0.2, 0.25) is 0 Å². The first-order valence-corrected chi connectivity index (χ1v) is 9.45. The molecule has 0 bridgehead atoms. The van der Waals surface area contributed by atoms with Gasteiger partial charge in [-0.05, 0) is 23.8 Å². The summed E-state index contributed by atoms with van der Waals surface area (Å²) >= 11 is 6.03. The van der Waals surface area contributed by atoms with Crippen molar-refractivity contribution in [2.45, 2.75) is 12.6 Å². The summed E-state index contributed by atoms with van der Waals surface area (Å²) in [4.78, 5) is 31.0. The molecule has 4 rings (SSSR count). The van der Waals surface area contributed by atoms with Gasteiger partial charge >= 0.3 is 0 Å². The number of likely N-dealkylation sites (N-methyl/N-ethyl adjacent to an activating group) is 1. The summed E-state index contributed by atoms with van der Waals surface area (Å²) in [5.74, 6) is -0.187. The van der Waals surface area contributed by atoms with E-state index in [1.165, 1.54) is 4.90 Å². The van der Waals surface area contributed by atoms with Crippen LogP contribution in [0.4, 0.5) is 5.69 Å². The molecule has 2 amide bonds. The first-order chi connectivity index (χ1) is 14.0. The number of ether oxygens (including phenoxy) is 1. The number of nitrogens with one attached hydrogen (secondary N) is 1. The van der Waals surface area contributed by atoms with E-state index < -0.39 is 11.9 Å². The number of benzene rings is 2. The highest BCUT2D eigenvalue weighted by molar-refractivity contribution is 6.31. The van der Waals surface area contributed by atoms with Crippen molar-refractivity contribution in [1.29, 1.82) is 0 Å². The number of aromatic nitrogens is 2. The summed E-state index contributed by atoms with van der Waals surface area (Å²) in [5, 5.41) is 3.22. The SMILES string of the molecule is CN1C(=O)C(NC(=O)c2cn(Cc3ccccc3)cn2)COc2ccc(Cl)cc21. The van der Waals surface area contributed by atoms with E-state index in [-0.39, 0.29) is 18.2 Å². The van der Waals surface area contributed by atoms with Crippen molar-refractivity contribution in [2.24, 2.45) is 0 Å². The van der Waals surface area contributed by atoms with E-state index in [1.807, 2.05) is 34.9 Å². The van der Waals surface area contributed by atoms with Gasteiger partial charge in [0.1, 0.15) is 24.1 Å². The zero-order chi connectivity index (χ0) is 20.4. The van der Waals surface area contributed by atoms with Gasteiger partial charge in [0.25, 0.3) is 11.8 Å². The second-order valence-electron chi connectivity index (χ2n) is 6.76. The van der Waals surface area contributed by atoms with E-state index in [1.54, 1.807) is 37.8 Å². The lowest BCUT2D eigenvalue weighted by atomic mass is 10.2. The Morgan fingerprint density at radius 3 is 2.86 bits per heavy atom. The van der Waals surface area contributed by atoms with Crippen LogP contribution in [0.25, 0.3) is 0 Å². The number of halogens is 1. The molecule has 8 heteroatoms. The molecule has 2 aromatic carbocycles. The highest BCUT2D eigenvalue weighted by atomic mass is 35.5. The van der Waals surface area contributed by atoms with Crippen molar-refractivity contribution in [3.63, 3.8) is 0 Å². The van der Waals surface area contributed by atoms with E-state index in [0.29, 0.717) is 23.0 Å².